The molecular weight excluding hydrogens is 558 g/mol. The summed E-state index contributed by atoms with van der Waals surface area (Å²) in [6.45, 7) is -0.700. The van der Waals surface area contributed by atoms with Crippen molar-refractivity contribution in [1.29, 1.82) is 0 Å². The number of halogens is 4. The minimum atomic E-state index is -4.78. The summed E-state index contributed by atoms with van der Waals surface area (Å²) in [6.07, 6.45) is -0.0231. The van der Waals surface area contributed by atoms with E-state index in [0.717, 1.165) is 34.1 Å². The quantitative estimate of drug-likeness (QED) is 0.422. The second-order valence-electron chi connectivity index (χ2n) is 9.46. The lowest BCUT2D eigenvalue weighted by atomic mass is 10.1. The average molecular weight is 584 g/mol. The van der Waals surface area contributed by atoms with Crippen molar-refractivity contribution >= 4 is 27.3 Å². The average Bonchev–Trinajstić information content (AvgIpc) is 3.51. The number of nitrogens with zero attached hydrogens (tertiary/aromatic N) is 5. The van der Waals surface area contributed by atoms with Crippen LogP contribution in [-0.2, 0) is 16.2 Å². The molecule has 0 bridgehead atoms. The Labute approximate surface area is 226 Å². The molecule has 0 aromatic carbocycles. The predicted molar refractivity (Wildman–Crippen MR) is 135 cm³/mol. The first-order valence-electron chi connectivity index (χ1n) is 12.3. The summed E-state index contributed by atoms with van der Waals surface area (Å²) in [5, 5.41) is 6.37. The fourth-order valence-electron chi connectivity index (χ4n) is 4.92. The van der Waals surface area contributed by atoms with Crippen LogP contribution >= 0.6 is 0 Å². The number of hydrogen-bond acceptors (Lipinski definition) is 8. The molecule has 2 aliphatic rings. The molecule has 1 fully saturated rings. The lowest BCUT2D eigenvalue weighted by Crippen LogP contribution is -2.42. The van der Waals surface area contributed by atoms with Crippen molar-refractivity contribution in [2.24, 2.45) is 0 Å². The largest absolute Gasteiger partial charge is 0.480 e. The molecule has 214 valence electrons. The molecule has 3 aromatic rings. The molecule has 16 heteroatoms. The van der Waals surface area contributed by atoms with E-state index in [-0.39, 0.29) is 34.2 Å². The maximum atomic E-state index is 14.9. The second-order valence-corrected chi connectivity index (χ2v) is 11.5. The predicted octanol–water partition coefficient (Wildman–Crippen LogP) is 2.94. The zero-order valence-corrected chi connectivity index (χ0v) is 22.0. The monoisotopic (exact) mass is 583 g/mol. The highest BCUT2D eigenvalue weighted by Crippen LogP contribution is 2.39. The van der Waals surface area contributed by atoms with Gasteiger partial charge in [-0.25, -0.2) is 27.3 Å². The number of amides is 1. The maximum absolute atomic E-state index is 14.9. The maximum Gasteiger partial charge on any atom is 0.418 e. The number of methoxy groups -OCH3 is 1. The van der Waals surface area contributed by atoms with Gasteiger partial charge in [-0.15, -0.1) is 0 Å². The smallest absolute Gasteiger partial charge is 0.418 e. The second kappa shape index (κ2) is 10.3. The number of fused-ring (bicyclic) bond motifs is 1. The molecule has 2 atom stereocenters. The van der Waals surface area contributed by atoms with E-state index < -0.39 is 57.8 Å². The van der Waals surface area contributed by atoms with Crippen LogP contribution in [0.4, 0.5) is 23.4 Å². The number of carbonyl (C=O) groups excluding carboxylic acids is 1. The number of aromatic nitrogens is 4. The van der Waals surface area contributed by atoms with Crippen molar-refractivity contribution in [1.82, 2.24) is 29.2 Å². The molecule has 1 saturated heterocycles. The van der Waals surface area contributed by atoms with Crippen molar-refractivity contribution in [3.8, 4) is 17.1 Å². The van der Waals surface area contributed by atoms with Gasteiger partial charge in [0.2, 0.25) is 15.9 Å². The third-order valence-corrected chi connectivity index (χ3v) is 8.94. The minimum Gasteiger partial charge on any atom is -0.480 e. The standard InChI is InChI=1S/C24H25F4N7O4S/c1-39-23-15(22(36)33-18-11-34(10-17(18)25)40(37,38)14-5-3-2-4-6-14)7-13(9-30-23)19-8-16(24(26,27)28)20-21(29)31-12-32-35(19)20/h5,7-9,12,17-18H,2-4,6,10-11H2,1H3,(H,33,36)(H2,29,31,32)/t17-,18+/m0/s1. The van der Waals surface area contributed by atoms with Gasteiger partial charge in [0, 0.05) is 24.8 Å². The number of carbonyl (C=O) groups is 1. The molecular formula is C24H25F4N7O4S. The van der Waals surface area contributed by atoms with E-state index in [4.69, 9.17) is 10.5 Å². The molecule has 0 radical (unpaired) electrons. The Hall–Kier alpha value is -3.79. The summed E-state index contributed by atoms with van der Waals surface area (Å²) in [4.78, 5) is 21.2. The Morgan fingerprint density at radius 1 is 1.20 bits per heavy atom. The van der Waals surface area contributed by atoms with E-state index in [0.29, 0.717) is 12.8 Å². The topological polar surface area (TPSA) is 145 Å². The van der Waals surface area contributed by atoms with Crippen LogP contribution in [0.2, 0.25) is 0 Å². The highest BCUT2D eigenvalue weighted by Gasteiger charge is 2.42. The number of rotatable bonds is 6. The molecule has 5 rings (SSSR count). The number of ether oxygens (including phenoxy) is 1. The van der Waals surface area contributed by atoms with Crippen molar-refractivity contribution in [2.45, 2.75) is 44.1 Å². The van der Waals surface area contributed by atoms with Gasteiger partial charge in [0.05, 0.1) is 29.3 Å². The first-order valence-corrected chi connectivity index (χ1v) is 13.7. The fraction of sp³-hybridized carbons (Fsp3) is 0.417. The van der Waals surface area contributed by atoms with Crippen LogP contribution in [0.25, 0.3) is 16.8 Å². The molecule has 11 nitrogen and oxygen atoms in total. The van der Waals surface area contributed by atoms with Crippen LogP contribution in [-0.4, -0.2) is 70.6 Å². The summed E-state index contributed by atoms with van der Waals surface area (Å²) in [6, 6.07) is 0.867. The van der Waals surface area contributed by atoms with E-state index in [1.165, 1.54) is 19.4 Å². The Morgan fingerprint density at radius 3 is 2.65 bits per heavy atom. The van der Waals surface area contributed by atoms with E-state index in [1.807, 2.05) is 0 Å². The zero-order valence-electron chi connectivity index (χ0n) is 21.2. The Bertz CT molecular complexity index is 1610. The normalized spacial score (nSPS) is 20.5. The van der Waals surface area contributed by atoms with Crippen LogP contribution in [0.5, 0.6) is 5.88 Å². The number of nitrogen functional groups attached to an aromatic ring is 1. The van der Waals surface area contributed by atoms with E-state index in [1.54, 1.807) is 6.08 Å². The first-order chi connectivity index (χ1) is 18.9. The van der Waals surface area contributed by atoms with Crippen LogP contribution < -0.4 is 15.8 Å². The van der Waals surface area contributed by atoms with Crippen LogP contribution in [0.3, 0.4) is 0 Å². The van der Waals surface area contributed by atoms with Crippen LogP contribution in [0.1, 0.15) is 41.6 Å². The van der Waals surface area contributed by atoms with E-state index in [9.17, 15) is 30.8 Å². The highest BCUT2D eigenvalue weighted by molar-refractivity contribution is 7.93. The van der Waals surface area contributed by atoms with Crippen molar-refractivity contribution in [2.75, 3.05) is 25.9 Å². The molecule has 0 spiro atoms. The third kappa shape index (κ3) is 4.96. The first kappa shape index (κ1) is 27.8. The number of hydrogen-bond donors (Lipinski definition) is 2. The van der Waals surface area contributed by atoms with Gasteiger partial charge in [0.15, 0.2) is 5.82 Å². The molecule has 1 aliphatic carbocycles. The number of nitrogens with two attached hydrogens (primary N) is 1. The zero-order chi connectivity index (χ0) is 28.8. The Kier molecular flexibility index (Phi) is 7.16. The summed E-state index contributed by atoms with van der Waals surface area (Å²) in [5.74, 6) is -1.41. The number of pyridine rings is 1. The molecule has 4 heterocycles. The van der Waals surface area contributed by atoms with Crippen molar-refractivity contribution in [3.63, 3.8) is 0 Å². The number of alkyl halides is 4. The molecule has 0 saturated carbocycles. The lowest BCUT2D eigenvalue weighted by Gasteiger charge is -2.20. The van der Waals surface area contributed by atoms with Crippen LogP contribution in [0.15, 0.2) is 35.6 Å². The number of sulfonamides is 1. The molecule has 3 aromatic heterocycles. The van der Waals surface area contributed by atoms with Gasteiger partial charge in [-0.1, -0.05) is 6.08 Å². The molecule has 1 amide bonds. The molecule has 0 unspecified atom stereocenters. The van der Waals surface area contributed by atoms with Gasteiger partial charge >= 0.3 is 6.18 Å². The van der Waals surface area contributed by atoms with Gasteiger partial charge in [-0.3, -0.25) is 4.79 Å². The SMILES string of the molecule is COc1ncc(-c2cc(C(F)(F)F)c3c(N)ncnn23)cc1C(=O)N[C@@H]1CN(S(=O)(=O)C2=CCCCC2)C[C@@H]1F. The van der Waals surface area contributed by atoms with E-state index >= 15 is 0 Å². The summed E-state index contributed by atoms with van der Waals surface area (Å²) in [5.41, 5.74) is 3.94. The number of nitrogens with one attached hydrogen (secondary N) is 1. The van der Waals surface area contributed by atoms with E-state index in [2.05, 4.69) is 20.4 Å². The minimum absolute atomic E-state index is 0.0613. The Morgan fingerprint density at radius 2 is 1.98 bits per heavy atom. The van der Waals surface area contributed by atoms with Gasteiger partial charge in [-0.2, -0.15) is 22.6 Å². The summed E-state index contributed by atoms with van der Waals surface area (Å²) >= 11 is 0. The van der Waals surface area contributed by atoms with Gasteiger partial charge in [0.25, 0.3) is 5.91 Å². The lowest BCUT2D eigenvalue weighted by molar-refractivity contribution is -0.136. The fourth-order valence-corrected chi connectivity index (χ4v) is 6.68. The van der Waals surface area contributed by atoms with Gasteiger partial charge < -0.3 is 15.8 Å². The van der Waals surface area contributed by atoms with Gasteiger partial charge in [-0.05, 0) is 37.8 Å². The molecule has 40 heavy (non-hydrogen) atoms. The number of allylic oxidation sites excluding steroid dienone is 2. The molecule has 3 N–H and O–H groups in total. The van der Waals surface area contributed by atoms with Gasteiger partial charge in [0.1, 0.15) is 23.6 Å². The molecule has 1 aliphatic heterocycles. The van der Waals surface area contributed by atoms with Crippen LogP contribution in [0, 0.1) is 0 Å². The van der Waals surface area contributed by atoms with Crippen molar-refractivity contribution in [3.05, 3.63) is 46.8 Å². The number of anilines is 1. The third-order valence-electron chi connectivity index (χ3n) is 6.93. The van der Waals surface area contributed by atoms with Crippen molar-refractivity contribution < 1.29 is 35.5 Å². The summed E-state index contributed by atoms with van der Waals surface area (Å²) < 4.78 is 89.3. The Balaban J connectivity index is 1.44. The summed E-state index contributed by atoms with van der Waals surface area (Å²) in [7, 11) is -2.63. The highest BCUT2D eigenvalue weighted by atomic mass is 32.2.